The standard InChI is InChI=1S/C14H22N2O3/c1-5-16(2)14(17)10-15-9-11-6-7-12(18-3)13(8-11)19-4/h6-8,15H,5,9-10H2,1-4H3. The maximum absolute atomic E-state index is 11.6. The van der Waals surface area contributed by atoms with Crippen LogP contribution < -0.4 is 14.8 Å². The predicted octanol–water partition coefficient (Wildman–Crippen LogP) is 1.27. The summed E-state index contributed by atoms with van der Waals surface area (Å²) in [5.41, 5.74) is 1.05. The fourth-order valence-corrected chi connectivity index (χ4v) is 1.62. The fourth-order valence-electron chi connectivity index (χ4n) is 1.62. The van der Waals surface area contributed by atoms with Crippen LogP contribution in [0.1, 0.15) is 12.5 Å². The van der Waals surface area contributed by atoms with E-state index in [2.05, 4.69) is 5.32 Å². The molecule has 1 aromatic carbocycles. The van der Waals surface area contributed by atoms with Crippen LogP contribution in [0, 0.1) is 0 Å². The van der Waals surface area contributed by atoms with Gasteiger partial charge in [-0.1, -0.05) is 6.07 Å². The molecule has 0 heterocycles. The summed E-state index contributed by atoms with van der Waals surface area (Å²) in [7, 11) is 5.00. The van der Waals surface area contributed by atoms with Crippen molar-refractivity contribution in [2.45, 2.75) is 13.5 Å². The van der Waals surface area contributed by atoms with Gasteiger partial charge in [-0.15, -0.1) is 0 Å². The zero-order valence-corrected chi connectivity index (χ0v) is 12.0. The number of carbonyl (C=O) groups is 1. The van der Waals surface area contributed by atoms with Crippen LogP contribution in [0.3, 0.4) is 0 Å². The van der Waals surface area contributed by atoms with Crippen LogP contribution in [-0.4, -0.2) is 45.2 Å². The predicted molar refractivity (Wildman–Crippen MR) is 74.6 cm³/mol. The number of benzene rings is 1. The van der Waals surface area contributed by atoms with Crippen LogP contribution in [0.15, 0.2) is 18.2 Å². The van der Waals surface area contributed by atoms with Gasteiger partial charge in [-0.3, -0.25) is 4.79 Å². The third-order valence-corrected chi connectivity index (χ3v) is 2.95. The molecular weight excluding hydrogens is 244 g/mol. The largest absolute Gasteiger partial charge is 0.493 e. The average Bonchev–Trinajstić information content (AvgIpc) is 2.45. The highest BCUT2D eigenvalue weighted by Crippen LogP contribution is 2.27. The van der Waals surface area contributed by atoms with E-state index in [4.69, 9.17) is 9.47 Å². The van der Waals surface area contributed by atoms with Gasteiger partial charge in [0.2, 0.25) is 5.91 Å². The third-order valence-electron chi connectivity index (χ3n) is 2.95. The van der Waals surface area contributed by atoms with Gasteiger partial charge in [0.1, 0.15) is 0 Å². The minimum absolute atomic E-state index is 0.0861. The van der Waals surface area contributed by atoms with Crippen LogP contribution in [-0.2, 0) is 11.3 Å². The quantitative estimate of drug-likeness (QED) is 0.807. The highest BCUT2D eigenvalue weighted by atomic mass is 16.5. The van der Waals surface area contributed by atoms with Gasteiger partial charge < -0.3 is 19.7 Å². The lowest BCUT2D eigenvalue weighted by molar-refractivity contribution is -0.128. The molecule has 0 aliphatic rings. The number of rotatable bonds is 7. The summed E-state index contributed by atoms with van der Waals surface area (Å²) in [4.78, 5) is 13.3. The fraction of sp³-hybridized carbons (Fsp3) is 0.500. The second kappa shape index (κ2) is 7.63. The Balaban J connectivity index is 2.52. The number of carbonyl (C=O) groups excluding carboxylic acids is 1. The van der Waals surface area contributed by atoms with E-state index >= 15 is 0 Å². The molecule has 0 unspecified atom stereocenters. The van der Waals surface area contributed by atoms with E-state index < -0.39 is 0 Å². The van der Waals surface area contributed by atoms with E-state index in [1.165, 1.54) is 0 Å². The molecule has 0 atom stereocenters. The Kier molecular flexibility index (Phi) is 6.15. The summed E-state index contributed by atoms with van der Waals surface area (Å²) in [5, 5.41) is 3.12. The lowest BCUT2D eigenvalue weighted by Gasteiger charge is -2.15. The Morgan fingerprint density at radius 2 is 1.95 bits per heavy atom. The van der Waals surface area contributed by atoms with Crippen molar-refractivity contribution in [3.05, 3.63) is 23.8 Å². The highest BCUT2D eigenvalue weighted by Gasteiger charge is 2.07. The highest BCUT2D eigenvalue weighted by molar-refractivity contribution is 5.77. The minimum atomic E-state index is 0.0861. The molecule has 0 radical (unpaired) electrons. The lowest BCUT2D eigenvalue weighted by Crippen LogP contribution is -2.35. The molecule has 0 bridgehead atoms. The zero-order chi connectivity index (χ0) is 14.3. The van der Waals surface area contributed by atoms with Crippen molar-refractivity contribution in [2.75, 3.05) is 34.4 Å². The number of ether oxygens (including phenoxy) is 2. The van der Waals surface area contributed by atoms with Gasteiger partial charge in [0.05, 0.1) is 20.8 Å². The Morgan fingerprint density at radius 3 is 2.53 bits per heavy atom. The number of nitrogens with one attached hydrogen (secondary N) is 1. The van der Waals surface area contributed by atoms with Gasteiger partial charge in [0, 0.05) is 20.1 Å². The molecule has 1 aromatic rings. The smallest absolute Gasteiger partial charge is 0.236 e. The van der Waals surface area contributed by atoms with Gasteiger partial charge in [-0.25, -0.2) is 0 Å². The molecule has 0 aromatic heterocycles. The zero-order valence-electron chi connectivity index (χ0n) is 12.0. The van der Waals surface area contributed by atoms with Crippen molar-refractivity contribution in [1.82, 2.24) is 10.2 Å². The molecule has 0 saturated heterocycles. The summed E-state index contributed by atoms with van der Waals surface area (Å²) in [6.07, 6.45) is 0. The number of nitrogens with zero attached hydrogens (tertiary/aromatic N) is 1. The van der Waals surface area contributed by atoms with E-state index in [1.807, 2.05) is 25.1 Å². The second-order valence-electron chi connectivity index (χ2n) is 4.20. The van der Waals surface area contributed by atoms with Crippen LogP contribution in [0.5, 0.6) is 11.5 Å². The topological polar surface area (TPSA) is 50.8 Å². The van der Waals surface area contributed by atoms with Crippen molar-refractivity contribution < 1.29 is 14.3 Å². The minimum Gasteiger partial charge on any atom is -0.493 e. The van der Waals surface area contributed by atoms with Gasteiger partial charge in [0.15, 0.2) is 11.5 Å². The van der Waals surface area contributed by atoms with Crippen molar-refractivity contribution >= 4 is 5.91 Å². The third kappa shape index (κ3) is 4.44. The molecule has 1 amide bonds. The van der Waals surface area contributed by atoms with Crippen molar-refractivity contribution in [1.29, 1.82) is 0 Å². The number of methoxy groups -OCH3 is 2. The Morgan fingerprint density at radius 1 is 1.26 bits per heavy atom. The van der Waals surface area contributed by atoms with Crippen LogP contribution in [0.25, 0.3) is 0 Å². The molecule has 1 rings (SSSR count). The molecule has 5 heteroatoms. The number of hydrogen-bond acceptors (Lipinski definition) is 4. The maximum atomic E-state index is 11.6. The maximum Gasteiger partial charge on any atom is 0.236 e. The van der Waals surface area contributed by atoms with Gasteiger partial charge in [-0.2, -0.15) is 0 Å². The molecule has 1 N–H and O–H groups in total. The molecule has 0 spiro atoms. The average molecular weight is 266 g/mol. The lowest BCUT2D eigenvalue weighted by atomic mass is 10.2. The molecule has 106 valence electrons. The summed E-state index contributed by atoms with van der Waals surface area (Å²) >= 11 is 0. The Bertz CT molecular complexity index is 421. The van der Waals surface area contributed by atoms with E-state index in [9.17, 15) is 4.79 Å². The van der Waals surface area contributed by atoms with E-state index in [1.54, 1.807) is 26.2 Å². The summed E-state index contributed by atoms with van der Waals surface area (Å²) in [5.74, 6) is 1.48. The first-order chi connectivity index (χ1) is 9.12. The molecule has 0 saturated carbocycles. The number of hydrogen-bond donors (Lipinski definition) is 1. The summed E-state index contributed by atoms with van der Waals surface area (Å²) in [6.45, 7) is 3.62. The Labute approximate surface area is 114 Å². The SMILES string of the molecule is CCN(C)C(=O)CNCc1ccc(OC)c(OC)c1. The second-order valence-corrected chi connectivity index (χ2v) is 4.20. The summed E-state index contributed by atoms with van der Waals surface area (Å²) < 4.78 is 10.4. The molecule has 19 heavy (non-hydrogen) atoms. The van der Waals surface area contributed by atoms with E-state index in [0.717, 1.165) is 12.1 Å². The monoisotopic (exact) mass is 266 g/mol. The van der Waals surface area contributed by atoms with Gasteiger partial charge >= 0.3 is 0 Å². The first kappa shape index (κ1) is 15.3. The first-order valence-electron chi connectivity index (χ1n) is 6.28. The normalized spacial score (nSPS) is 10.1. The first-order valence-corrected chi connectivity index (χ1v) is 6.28. The van der Waals surface area contributed by atoms with Crippen molar-refractivity contribution in [3.63, 3.8) is 0 Å². The summed E-state index contributed by atoms with van der Waals surface area (Å²) in [6, 6.07) is 5.71. The van der Waals surface area contributed by atoms with Gasteiger partial charge in [0.25, 0.3) is 0 Å². The molecular formula is C14H22N2O3. The van der Waals surface area contributed by atoms with Crippen LogP contribution >= 0.6 is 0 Å². The molecule has 5 nitrogen and oxygen atoms in total. The van der Waals surface area contributed by atoms with Crippen molar-refractivity contribution in [2.24, 2.45) is 0 Å². The van der Waals surface area contributed by atoms with Crippen LogP contribution in [0.2, 0.25) is 0 Å². The molecule has 0 fully saturated rings. The van der Waals surface area contributed by atoms with Crippen LogP contribution in [0.4, 0.5) is 0 Å². The number of likely N-dealkylation sites (N-methyl/N-ethyl adjacent to an activating group) is 1. The van der Waals surface area contributed by atoms with E-state index in [-0.39, 0.29) is 5.91 Å². The van der Waals surface area contributed by atoms with Crippen molar-refractivity contribution in [3.8, 4) is 11.5 Å². The molecule has 0 aliphatic carbocycles. The van der Waals surface area contributed by atoms with Gasteiger partial charge in [-0.05, 0) is 24.6 Å². The molecule has 0 aliphatic heterocycles. The number of amides is 1. The Hall–Kier alpha value is -1.75. The van der Waals surface area contributed by atoms with E-state index in [0.29, 0.717) is 24.6 Å².